The third-order valence-corrected chi connectivity index (χ3v) is 5.40. The zero-order valence-electron chi connectivity index (χ0n) is 16.1. The number of rotatable bonds is 5. The molecule has 0 spiro atoms. The van der Waals surface area contributed by atoms with Gasteiger partial charge >= 0.3 is 0 Å². The van der Waals surface area contributed by atoms with Gasteiger partial charge in [-0.2, -0.15) is 0 Å². The van der Waals surface area contributed by atoms with Crippen LogP contribution in [-0.4, -0.2) is 35.7 Å². The second-order valence-electron chi connectivity index (χ2n) is 7.25. The Labute approximate surface area is 159 Å². The van der Waals surface area contributed by atoms with Gasteiger partial charge in [-0.15, -0.1) is 0 Å². The Balaban J connectivity index is 1.72. The fourth-order valence-electron chi connectivity index (χ4n) is 4.15. The van der Waals surface area contributed by atoms with E-state index in [2.05, 4.69) is 36.6 Å². The van der Waals surface area contributed by atoms with Gasteiger partial charge in [-0.1, -0.05) is 30.3 Å². The van der Waals surface area contributed by atoms with Crippen molar-refractivity contribution in [2.75, 3.05) is 25.2 Å². The molecule has 0 unspecified atom stereocenters. The Kier molecular flexibility index (Phi) is 4.70. The molecule has 1 aliphatic rings. The molecule has 1 fully saturated rings. The van der Waals surface area contributed by atoms with Crippen molar-refractivity contribution in [2.24, 2.45) is 0 Å². The number of hydrogen-bond acceptors (Lipinski definition) is 3. The third-order valence-electron chi connectivity index (χ3n) is 5.40. The second kappa shape index (κ2) is 7.16. The van der Waals surface area contributed by atoms with Crippen LogP contribution in [-0.2, 0) is 16.1 Å². The number of fused-ring (bicyclic) bond motifs is 1. The van der Waals surface area contributed by atoms with Gasteiger partial charge in [0.2, 0.25) is 5.91 Å². The van der Waals surface area contributed by atoms with Crippen LogP contribution in [0.15, 0.2) is 42.5 Å². The maximum atomic E-state index is 12.9. The molecule has 0 bridgehead atoms. The summed E-state index contributed by atoms with van der Waals surface area (Å²) in [5.74, 6) is 1.24. The molecule has 1 aromatic heterocycles. The predicted molar refractivity (Wildman–Crippen MR) is 107 cm³/mol. The van der Waals surface area contributed by atoms with Crippen LogP contribution in [0.3, 0.4) is 0 Å². The molecule has 5 nitrogen and oxygen atoms in total. The van der Waals surface area contributed by atoms with E-state index in [9.17, 15) is 4.79 Å². The van der Waals surface area contributed by atoms with Crippen LogP contribution in [0.5, 0.6) is 0 Å². The van der Waals surface area contributed by atoms with Crippen LogP contribution in [0, 0.1) is 13.8 Å². The van der Waals surface area contributed by atoms with Gasteiger partial charge in [-0.05, 0) is 37.1 Å². The average molecular weight is 363 g/mol. The summed E-state index contributed by atoms with van der Waals surface area (Å²) in [6, 6.07) is 14.3. The van der Waals surface area contributed by atoms with Crippen molar-refractivity contribution >= 4 is 22.6 Å². The normalized spacial score (nSPS) is 17.2. The van der Waals surface area contributed by atoms with Crippen LogP contribution in [0.25, 0.3) is 11.0 Å². The molecular weight excluding hydrogens is 338 g/mol. The quantitative estimate of drug-likeness (QED) is 0.692. The smallest absolute Gasteiger partial charge is 0.227 e. The molecule has 4 rings (SSSR count). The van der Waals surface area contributed by atoms with Crippen molar-refractivity contribution in [3.8, 4) is 0 Å². The fourth-order valence-corrected chi connectivity index (χ4v) is 4.15. The molecule has 2 aromatic carbocycles. The number of amides is 1. The van der Waals surface area contributed by atoms with Crippen molar-refractivity contribution in [1.82, 2.24) is 9.55 Å². The van der Waals surface area contributed by atoms with Crippen molar-refractivity contribution in [2.45, 2.75) is 32.7 Å². The largest absolute Gasteiger partial charge is 0.383 e. The highest BCUT2D eigenvalue weighted by molar-refractivity contribution is 5.98. The molecular formula is C22H25N3O2. The van der Waals surface area contributed by atoms with Crippen molar-refractivity contribution in [3.05, 3.63) is 59.4 Å². The van der Waals surface area contributed by atoms with E-state index in [1.165, 1.54) is 0 Å². The van der Waals surface area contributed by atoms with E-state index in [4.69, 9.17) is 9.72 Å². The van der Waals surface area contributed by atoms with Crippen LogP contribution >= 0.6 is 0 Å². The van der Waals surface area contributed by atoms with E-state index in [1.807, 2.05) is 29.2 Å². The average Bonchev–Trinajstić information content (AvgIpc) is 3.21. The molecule has 1 amide bonds. The molecule has 0 radical (unpaired) electrons. The molecule has 0 N–H and O–H groups in total. The highest BCUT2D eigenvalue weighted by Gasteiger charge is 2.35. The zero-order valence-corrected chi connectivity index (χ0v) is 16.1. The lowest BCUT2D eigenvalue weighted by Gasteiger charge is -2.21. The molecule has 3 aromatic rings. The molecule has 5 heteroatoms. The molecule has 0 aliphatic carbocycles. The molecule has 1 aliphatic heterocycles. The highest BCUT2D eigenvalue weighted by atomic mass is 16.5. The van der Waals surface area contributed by atoms with Crippen LogP contribution in [0.4, 0.5) is 5.69 Å². The number of aromatic nitrogens is 2. The molecule has 1 saturated heterocycles. The van der Waals surface area contributed by atoms with Gasteiger partial charge in [0, 0.05) is 38.2 Å². The number of imidazole rings is 1. The van der Waals surface area contributed by atoms with E-state index >= 15 is 0 Å². The molecule has 0 saturated carbocycles. The standard InChI is InChI=1S/C22H25N3O2/c1-15-7-6-8-16(2)21(15)25-14-17(13-20(25)26)22-23-18-9-4-5-10-19(18)24(22)11-12-27-3/h4-10,17H,11-14H2,1-3H3/t17-/m1/s1. The summed E-state index contributed by atoms with van der Waals surface area (Å²) in [6.45, 7) is 6.16. The predicted octanol–water partition coefficient (Wildman–Crippen LogP) is 3.82. The lowest BCUT2D eigenvalue weighted by Crippen LogP contribution is -2.26. The highest BCUT2D eigenvalue weighted by Crippen LogP contribution is 2.35. The topological polar surface area (TPSA) is 47.4 Å². The number of carbonyl (C=O) groups is 1. The Hall–Kier alpha value is -2.66. The maximum Gasteiger partial charge on any atom is 0.227 e. The summed E-state index contributed by atoms with van der Waals surface area (Å²) in [4.78, 5) is 19.7. The fraction of sp³-hybridized carbons (Fsp3) is 0.364. The van der Waals surface area contributed by atoms with E-state index in [1.54, 1.807) is 7.11 Å². The third kappa shape index (κ3) is 3.12. The minimum atomic E-state index is 0.0840. The second-order valence-corrected chi connectivity index (χ2v) is 7.25. The first kappa shape index (κ1) is 17.7. The van der Waals surface area contributed by atoms with Crippen LogP contribution in [0.1, 0.15) is 29.3 Å². The first-order valence-corrected chi connectivity index (χ1v) is 9.41. The summed E-state index contributed by atoms with van der Waals surface area (Å²) in [7, 11) is 1.71. The Morgan fingerprint density at radius 1 is 1.11 bits per heavy atom. The monoisotopic (exact) mass is 363 g/mol. The molecule has 27 heavy (non-hydrogen) atoms. The van der Waals surface area contributed by atoms with Gasteiger partial charge in [0.1, 0.15) is 5.82 Å². The molecule has 140 valence electrons. The number of nitrogens with zero attached hydrogens (tertiary/aromatic N) is 3. The summed E-state index contributed by atoms with van der Waals surface area (Å²) in [6.07, 6.45) is 0.490. The van der Waals surface area contributed by atoms with Crippen LogP contribution < -0.4 is 4.90 Å². The Bertz CT molecular complexity index is 972. The number of anilines is 1. The maximum absolute atomic E-state index is 12.9. The summed E-state index contributed by atoms with van der Waals surface area (Å²) in [5, 5.41) is 0. The number of ether oxygens (including phenoxy) is 1. The summed E-state index contributed by atoms with van der Waals surface area (Å²) < 4.78 is 7.51. The van der Waals surface area contributed by atoms with E-state index in [0.29, 0.717) is 19.6 Å². The molecule has 1 atom stereocenters. The lowest BCUT2D eigenvalue weighted by molar-refractivity contribution is -0.117. The van der Waals surface area contributed by atoms with Gasteiger partial charge in [-0.3, -0.25) is 4.79 Å². The van der Waals surface area contributed by atoms with E-state index in [-0.39, 0.29) is 11.8 Å². The minimum absolute atomic E-state index is 0.0840. The van der Waals surface area contributed by atoms with Crippen molar-refractivity contribution in [1.29, 1.82) is 0 Å². The Morgan fingerprint density at radius 3 is 2.59 bits per heavy atom. The molecule has 2 heterocycles. The van der Waals surface area contributed by atoms with E-state index < -0.39 is 0 Å². The number of methoxy groups -OCH3 is 1. The minimum Gasteiger partial charge on any atom is -0.383 e. The van der Waals surface area contributed by atoms with E-state index in [0.717, 1.165) is 40.2 Å². The zero-order chi connectivity index (χ0) is 19.0. The number of carbonyl (C=O) groups excluding carboxylic acids is 1. The first-order valence-electron chi connectivity index (χ1n) is 9.41. The number of benzene rings is 2. The van der Waals surface area contributed by atoms with Crippen molar-refractivity contribution < 1.29 is 9.53 Å². The van der Waals surface area contributed by atoms with Gasteiger partial charge in [-0.25, -0.2) is 4.98 Å². The number of para-hydroxylation sites is 3. The SMILES string of the molecule is COCCn1c([C@@H]2CC(=O)N(c3c(C)cccc3C)C2)nc2ccccc21. The summed E-state index contributed by atoms with van der Waals surface area (Å²) in [5.41, 5.74) is 5.39. The van der Waals surface area contributed by atoms with Crippen molar-refractivity contribution in [3.63, 3.8) is 0 Å². The number of hydrogen-bond donors (Lipinski definition) is 0. The van der Waals surface area contributed by atoms with Gasteiger partial charge < -0.3 is 14.2 Å². The first-order chi connectivity index (χ1) is 13.1. The van der Waals surface area contributed by atoms with Gasteiger partial charge in [0.25, 0.3) is 0 Å². The number of aryl methyl sites for hydroxylation is 2. The lowest BCUT2D eigenvalue weighted by atomic mass is 10.1. The van der Waals surface area contributed by atoms with Gasteiger partial charge in [0.15, 0.2) is 0 Å². The Morgan fingerprint density at radius 2 is 1.85 bits per heavy atom. The van der Waals surface area contributed by atoms with Gasteiger partial charge in [0.05, 0.1) is 17.6 Å². The van der Waals surface area contributed by atoms with Crippen LogP contribution in [0.2, 0.25) is 0 Å². The summed E-state index contributed by atoms with van der Waals surface area (Å²) >= 11 is 0.